The van der Waals surface area contributed by atoms with Crippen LogP contribution in [0, 0.1) is 0 Å². The summed E-state index contributed by atoms with van der Waals surface area (Å²) in [7, 11) is 0. The molecule has 1 aliphatic carbocycles. The van der Waals surface area contributed by atoms with Crippen molar-refractivity contribution in [3.63, 3.8) is 0 Å². The molecule has 0 atom stereocenters. The van der Waals surface area contributed by atoms with Gasteiger partial charge in [-0.1, -0.05) is 18.2 Å². The van der Waals surface area contributed by atoms with Crippen molar-refractivity contribution in [2.75, 3.05) is 5.32 Å². The van der Waals surface area contributed by atoms with Gasteiger partial charge in [0.15, 0.2) is 11.5 Å². The second-order valence-electron chi connectivity index (χ2n) is 3.76. The summed E-state index contributed by atoms with van der Waals surface area (Å²) in [5.74, 6) is 0.0455. The van der Waals surface area contributed by atoms with E-state index in [1.165, 1.54) is 0 Å². The molecule has 4 heteroatoms. The predicted molar refractivity (Wildman–Crippen MR) is 63.5 cm³/mol. The highest BCUT2D eigenvalue weighted by molar-refractivity contribution is 5.97. The van der Waals surface area contributed by atoms with E-state index in [9.17, 15) is 9.59 Å². The maximum atomic E-state index is 11.5. The Hall–Kier alpha value is -2.10. The number of benzene rings is 1. The molecule has 2 rings (SSSR count). The summed E-state index contributed by atoms with van der Waals surface area (Å²) >= 11 is 0. The van der Waals surface area contributed by atoms with Crippen LogP contribution in [-0.4, -0.2) is 11.9 Å². The average molecular weight is 231 g/mol. The number of ether oxygens (including phenoxy) is 1. The Labute approximate surface area is 99.3 Å². The Morgan fingerprint density at radius 1 is 1.24 bits per heavy atom. The van der Waals surface area contributed by atoms with E-state index in [1.807, 2.05) is 6.07 Å². The van der Waals surface area contributed by atoms with Crippen LogP contribution < -0.4 is 5.32 Å². The first-order chi connectivity index (χ1) is 8.25. The fourth-order valence-corrected chi connectivity index (χ4v) is 1.60. The number of anilines is 1. The SMILES string of the molecule is O=C(Nc1ccccc1)OC1=CCCCC1=O. The van der Waals surface area contributed by atoms with Crippen molar-refractivity contribution in [3.8, 4) is 0 Å². The first kappa shape index (κ1) is 11.4. The number of Topliss-reactive ketones (excluding diaryl/α,β-unsaturated/α-hetero) is 1. The zero-order valence-corrected chi connectivity index (χ0v) is 9.31. The van der Waals surface area contributed by atoms with E-state index in [0.29, 0.717) is 12.1 Å². The number of hydrogen-bond acceptors (Lipinski definition) is 3. The fourth-order valence-electron chi connectivity index (χ4n) is 1.60. The highest BCUT2D eigenvalue weighted by atomic mass is 16.6. The first-order valence-electron chi connectivity index (χ1n) is 5.53. The monoisotopic (exact) mass is 231 g/mol. The number of allylic oxidation sites excluding steroid dienone is 2. The molecular formula is C13H13NO3. The van der Waals surface area contributed by atoms with E-state index in [0.717, 1.165) is 12.8 Å². The van der Waals surface area contributed by atoms with Crippen molar-refractivity contribution >= 4 is 17.6 Å². The average Bonchev–Trinajstić information content (AvgIpc) is 2.33. The van der Waals surface area contributed by atoms with E-state index in [-0.39, 0.29) is 11.5 Å². The van der Waals surface area contributed by atoms with Crippen molar-refractivity contribution in [1.29, 1.82) is 0 Å². The van der Waals surface area contributed by atoms with Crippen LogP contribution in [0.3, 0.4) is 0 Å². The van der Waals surface area contributed by atoms with Gasteiger partial charge in [0.05, 0.1) is 0 Å². The molecule has 1 aromatic rings. The van der Waals surface area contributed by atoms with Gasteiger partial charge in [0.2, 0.25) is 0 Å². The van der Waals surface area contributed by atoms with Crippen molar-refractivity contribution in [3.05, 3.63) is 42.2 Å². The molecule has 17 heavy (non-hydrogen) atoms. The van der Waals surface area contributed by atoms with E-state index >= 15 is 0 Å². The molecule has 0 unspecified atom stereocenters. The van der Waals surface area contributed by atoms with Gasteiger partial charge in [0.1, 0.15) is 0 Å². The van der Waals surface area contributed by atoms with Crippen LogP contribution in [0.5, 0.6) is 0 Å². The third kappa shape index (κ3) is 3.17. The van der Waals surface area contributed by atoms with Crippen molar-refractivity contribution in [2.24, 2.45) is 0 Å². The molecule has 1 aromatic carbocycles. The first-order valence-corrected chi connectivity index (χ1v) is 5.53. The summed E-state index contributed by atoms with van der Waals surface area (Å²) in [5, 5.41) is 2.56. The lowest BCUT2D eigenvalue weighted by molar-refractivity contribution is -0.118. The van der Waals surface area contributed by atoms with Gasteiger partial charge in [0, 0.05) is 12.1 Å². The zero-order chi connectivity index (χ0) is 12.1. The van der Waals surface area contributed by atoms with E-state index in [2.05, 4.69) is 5.32 Å². The Morgan fingerprint density at radius 2 is 2.00 bits per heavy atom. The van der Waals surface area contributed by atoms with Crippen LogP contribution in [0.1, 0.15) is 19.3 Å². The summed E-state index contributed by atoms with van der Waals surface area (Å²) < 4.78 is 4.97. The molecule has 0 aromatic heterocycles. The lowest BCUT2D eigenvalue weighted by atomic mass is 10.1. The van der Waals surface area contributed by atoms with Gasteiger partial charge in [-0.3, -0.25) is 10.1 Å². The molecule has 1 aliphatic rings. The standard InChI is InChI=1S/C13H13NO3/c15-11-8-4-5-9-12(11)17-13(16)14-10-6-2-1-3-7-10/h1-3,6-7,9H,4-5,8H2,(H,14,16). The Morgan fingerprint density at radius 3 is 2.71 bits per heavy atom. The highest BCUT2D eigenvalue weighted by Gasteiger charge is 2.18. The molecule has 0 fully saturated rings. The van der Waals surface area contributed by atoms with Crippen LogP contribution in [0.15, 0.2) is 42.2 Å². The minimum absolute atomic E-state index is 0.112. The summed E-state index contributed by atoms with van der Waals surface area (Å²) in [6, 6.07) is 8.96. The second-order valence-corrected chi connectivity index (χ2v) is 3.76. The maximum Gasteiger partial charge on any atom is 0.417 e. The van der Waals surface area contributed by atoms with Gasteiger partial charge in [-0.05, 0) is 31.1 Å². The smallest absolute Gasteiger partial charge is 0.407 e. The number of ketones is 1. The molecule has 0 radical (unpaired) electrons. The molecule has 0 saturated heterocycles. The quantitative estimate of drug-likeness (QED) is 0.851. The maximum absolute atomic E-state index is 11.5. The van der Waals surface area contributed by atoms with Crippen molar-refractivity contribution in [1.82, 2.24) is 0 Å². The normalized spacial score (nSPS) is 15.1. The lowest BCUT2D eigenvalue weighted by Gasteiger charge is -2.12. The number of amides is 1. The topological polar surface area (TPSA) is 55.4 Å². The summed E-state index contributed by atoms with van der Waals surface area (Å²) in [4.78, 5) is 22.9. The van der Waals surface area contributed by atoms with Crippen molar-refractivity contribution in [2.45, 2.75) is 19.3 Å². The molecule has 88 valence electrons. The third-order valence-electron chi connectivity index (χ3n) is 2.44. The molecule has 1 N–H and O–H groups in total. The molecule has 1 amide bonds. The van der Waals surface area contributed by atoms with Gasteiger partial charge in [0.25, 0.3) is 0 Å². The summed E-state index contributed by atoms with van der Waals surface area (Å²) in [6.45, 7) is 0. The largest absolute Gasteiger partial charge is 0.417 e. The third-order valence-corrected chi connectivity index (χ3v) is 2.44. The zero-order valence-electron chi connectivity index (χ0n) is 9.31. The predicted octanol–water partition coefficient (Wildman–Crippen LogP) is 2.87. The van der Waals surface area contributed by atoms with Gasteiger partial charge in [-0.2, -0.15) is 0 Å². The number of carbonyl (C=O) groups is 2. The summed E-state index contributed by atoms with van der Waals surface area (Å²) in [6.07, 6.45) is 3.09. The Balaban J connectivity index is 1.94. The number of para-hydroxylation sites is 1. The highest BCUT2D eigenvalue weighted by Crippen LogP contribution is 2.16. The van der Waals surface area contributed by atoms with Gasteiger partial charge in [-0.15, -0.1) is 0 Å². The van der Waals surface area contributed by atoms with Crippen LogP contribution >= 0.6 is 0 Å². The molecular weight excluding hydrogens is 218 g/mol. The van der Waals surface area contributed by atoms with Crippen molar-refractivity contribution < 1.29 is 14.3 Å². The van der Waals surface area contributed by atoms with Crippen LogP contribution in [0.25, 0.3) is 0 Å². The second kappa shape index (κ2) is 5.30. The number of hydrogen-bond donors (Lipinski definition) is 1. The number of carbonyl (C=O) groups excluding carboxylic acids is 2. The van der Waals surface area contributed by atoms with E-state index in [4.69, 9.17) is 4.74 Å². The van der Waals surface area contributed by atoms with Gasteiger partial charge < -0.3 is 4.74 Å². The van der Waals surface area contributed by atoms with E-state index in [1.54, 1.807) is 30.3 Å². The molecule has 0 bridgehead atoms. The Bertz CT molecular complexity index is 451. The number of nitrogens with one attached hydrogen (secondary N) is 1. The minimum Gasteiger partial charge on any atom is -0.407 e. The minimum atomic E-state index is -0.627. The fraction of sp³-hybridized carbons (Fsp3) is 0.231. The van der Waals surface area contributed by atoms with Crippen LogP contribution in [0.4, 0.5) is 10.5 Å². The lowest BCUT2D eigenvalue weighted by Crippen LogP contribution is -2.18. The van der Waals surface area contributed by atoms with E-state index < -0.39 is 6.09 Å². The molecule has 0 saturated carbocycles. The molecule has 0 aliphatic heterocycles. The van der Waals surface area contributed by atoms with Crippen LogP contribution in [-0.2, 0) is 9.53 Å². The summed E-state index contributed by atoms with van der Waals surface area (Å²) in [5.41, 5.74) is 0.640. The van der Waals surface area contributed by atoms with Gasteiger partial charge >= 0.3 is 6.09 Å². The number of rotatable bonds is 2. The molecule has 0 heterocycles. The van der Waals surface area contributed by atoms with Gasteiger partial charge in [-0.25, -0.2) is 4.79 Å². The molecule has 0 spiro atoms. The van der Waals surface area contributed by atoms with Crippen LogP contribution in [0.2, 0.25) is 0 Å². The Kier molecular flexibility index (Phi) is 3.55. The molecule has 4 nitrogen and oxygen atoms in total.